The van der Waals surface area contributed by atoms with E-state index in [2.05, 4.69) is 17.0 Å². The molecule has 4 aliphatic heterocycles. The highest BCUT2D eigenvalue weighted by molar-refractivity contribution is 7.86. The van der Waals surface area contributed by atoms with Crippen molar-refractivity contribution >= 4 is 10.2 Å². The molecule has 4 saturated heterocycles. The lowest BCUT2D eigenvalue weighted by Crippen LogP contribution is -2.61. The first-order valence-corrected chi connectivity index (χ1v) is 10.4. The molecule has 4 aliphatic rings. The first kappa shape index (κ1) is 17.3. The van der Waals surface area contributed by atoms with Crippen LogP contribution in [0.3, 0.4) is 0 Å². The maximum Gasteiger partial charge on any atom is 0.281 e. The molecular formula is C18H27N3O3S. The van der Waals surface area contributed by atoms with Crippen molar-refractivity contribution in [1.82, 2.24) is 13.5 Å². The maximum absolute atomic E-state index is 13.0. The highest BCUT2D eigenvalue weighted by Crippen LogP contribution is 2.47. The molecule has 0 aliphatic carbocycles. The smallest absolute Gasteiger partial charge is 0.281 e. The number of hydrogen-bond acceptors (Lipinski definition) is 4. The molecule has 138 valence electrons. The Hall–Kier alpha value is -1.15. The molecule has 3 atom stereocenters. The molecule has 4 fully saturated rings. The van der Waals surface area contributed by atoms with Crippen molar-refractivity contribution in [1.29, 1.82) is 0 Å². The molecule has 1 aromatic carbocycles. The van der Waals surface area contributed by atoms with E-state index in [1.165, 1.54) is 9.87 Å². The lowest BCUT2D eigenvalue weighted by molar-refractivity contribution is 0.0114. The molecule has 0 radical (unpaired) electrons. The number of nitrogens with zero attached hydrogens (tertiary/aromatic N) is 3. The first-order valence-electron chi connectivity index (χ1n) is 9.01. The Labute approximate surface area is 150 Å². The summed E-state index contributed by atoms with van der Waals surface area (Å²) in [7, 11) is 1.52. The average Bonchev–Trinajstić information content (AvgIpc) is 3.06. The van der Waals surface area contributed by atoms with Gasteiger partial charge < -0.3 is 4.74 Å². The van der Waals surface area contributed by atoms with Crippen molar-refractivity contribution in [3.63, 3.8) is 0 Å². The van der Waals surface area contributed by atoms with E-state index < -0.39 is 10.2 Å². The molecule has 7 heteroatoms. The van der Waals surface area contributed by atoms with E-state index in [0.717, 1.165) is 31.7 Å². The van der Waals surface area contributed by atoms with Crippen LogP contribution in [0.2, 0.25) is 0 Å². The van der Waals surface area contributed by atoms with E-state index in [4.69, 9.17) is 4.74 Å². The fraction of sp³-hybridized carbons (Fsp3) is 0.667. The van der Waals surface area contributed by atoms with Gasteiger partial charge in [-0.3, -0.25) is 4.90 Å². The molecule has 0 unspecified atom stereocenters. The summed E-state index contributed by atoms with van der Waals surface area (Å²) in [6, 6.07) is 8.52. The van der Waals surface area contributed by atoms with Gasteiger partial charge in [-0.15, -0.1) is 0 Å². The van der Waals surface area contributed by atoms with E-state index >= 15 is 0 Å². The summed E-state index contributed by atoms with van der Waals surface area (Å²) < 4.78 is 34.3. The Balaban J connectivity index is 1.73. The minimum absolute atomic E-state index is 0.0991. The van der Waals surface area contributed by atoms with Gasteiger partial charge in [0, 0.05) is 38.6 Å². The largest absolute Gasteiger partial charge is 0.497 e. The van der Waals surface area contributed by atoms with E-state index in [1.807, 2.05) is 12.1 Å². The predicted octanol–water partition coefficient (Wildman–Crippen LogP) is 1.36. The third-order valence-electron chi connectivity index (χ3n) is 6.25. The first-order chi connectivity index (χ1) is 11.9. The van der Waals surface area contributed by atoms with Gasteiger partial charge in [-0.05, 0) is 49.5 Å². The summed E-state index contributed by atoms with van der Waals surface area (Å²) in [5, 5.41) is 0. The van der Waals surface area contributed by atoms with Crippen molar-refractivity contribution in [2.45, 2.75) is 30.8 Å². The summed E-state index contributed by atoms with van der Waals surface area (Å²) in [4.78, 5) is 2.52. The van der Waals surface area contributed by atoms with Gasteiger partial charge in [-0.2, -0.15) is 17.0 Å². The molecular weight excluding hydrogens is 338 g/mol. The van der Waals surface area contributed by atoms with Gasteiger partial charge in [0.2, 0.25) is 0 Å². The van der Waals surface area contributed by atoms with Crippen LogP contribution in [0.5, 0.6) is 5.75 Å². The zero-order valence-corrected chi connectivity index (χ0v) is 15.9. The van der Waals surface area contributed by atoms with Gasteiger partial charge in [-0.1, -0.05) is 12.1 Å². The number of ether oxygens (including phenoxy) is 1. The quantitative estimate of drug-likeness (QED) is 0.809. The molecule has 0 saturated carbocycles. The van der Waals surface area contributed by atoms with Gasteiger partial charge in [0.25, 0.3) is 10.2 Å². The van der Waals surface area contributed by atoms with Gasteiger partial charge in [-0.25, -0.2) is 0 Å². The molecule has 5 rings (SSSR count). The SMILES string of the molecule is COc1ccc([C@@H]2CN(S(=O)(=O)N(C)C)[C@@H]3C4CCN(CC4)[C@@H]32)cc1. The van der Waals surface area contributed by atoms with Crippen LogP contribution in [-0.4, -0.2) is 74.9 Å². The second-order valence-corrected chi connectivity index (χ2v) is 9.69. The van der Waals surface area contributed by atoms with E-state index in [-0.39, 0.29) is 18.0 Å². The van der Waals surface area contributed by atoms with Crippen molar-refractivity contribution in [2.75, 3.05) is 40.8 Å². The van der Waals surface area contributed by atoms with Crippen molar-refractivity contribution in [3.8, 4) is 5.75 Å². The molecule has 6 nitrogen and oxygen atoms in total. The zero-order valence-electron chi connectivity index (χ0n) is 15.1. The number of rotatable bonds is 4. The molecule has 0 spiro atoms. The van der Waals surface area contributed by atoms with Crippen LogP contribution in [0.15, 0.2) is 24.3 Å². The molecule has 4 heterocycles. The van der Waals surface area contributed by atoms with Crippen LogP contribution in [0.25, 0.3) is 0 Å². The third-order valence-corrected chi connectivity index (χ3v) is 8.16. The molecule has 25 heavy (non-hydrogen) atoms. The maximum atomic E-state index is 13.0. The predicted molar refractivity (Wildman–Crippen MR) is 96.9 cm³/mol. The second-order valence-electron chi connectivity index (χ2n) is 7.59. The van der Waals surface area contributed by atoms with Gasteiger partial charge in [0.05, 0.1) is 7.11 Å². The zero-order chi connectivity index (χ0) is 17.8. The molecule has 2 bridgehead atoms. The summed E-state index contributed by atoms with van der Waals surface area (Å²) >= 11 is 0. The monoisotopic (exact) mass is 365 g/mol. The molecule has 0 amide bonds. The van der Waals surface area contributed by atoms with Crippen molar-refractivity contribution < 1.29 is 13.2 Å². The fourth-order valence-electron chi connectivity index (χ4n) is 4.99. The van der Waals surface area contributed by atoms with Gasteiger partial charge in [0.15, 0.2) is 0 Å². The standard InChI is InChI=1S/C18H27N3O3S/c1-19(2)25(22,23)21-12-16(13-4-6-15(24-3)7-5-13)18-17(21)14-8-10-20(18)11-9-14/h4-7,14,16-18H,8-12H2,1-3H3/t16-,17+,18+/m0/s1. The number of fused-ring (bicyclic) bond motifs is 2. The average molecular weight is 365 g/mol. The van der Waals surface area contributed by atoms with E-state index in [1.54, 1.807) is 25.5 Å². The number of benzene rings is 1. The summed E-state index contributed by atoms with van der Waals surface area (Å²) in [5.41, 5.74) is 1.21. The number of hydrogen-bond donors (Lipinski definition) is 0. The van der Waals surface area contributed by atoms with Crippen molar-refractivity contribution in [3.05, 3.63) is 29.8 Å². The number of methoxy groups -OCH3 is 1. The Morgan fingerprint density at radius 2 is 1.72 bits per heavy atom. The minimum atomic E-state index is -3.41. The van der Waals surface area contributed by atoms with Crippen molar-refractivity contribution in [2.24, 2.45) is 5.92 Å². The van der Waals surface area contributed by atoms with Crippen LogP contribution < -0.4 is 4.74 Å². The van der Waals surface area contributed by atoms with Crippen LogP contribution >= 0.6 is 0 Å². The molecule has 0 aromatic heterocycles. The summed E-state index contributed by atoms with van der Waals surface area (Å²) in [6.07, 6.45) is 2.21. The lowest BCUT2D eigenvalue weighted by Gasteiger charge is -2.51. The Morgan fingerprint density at radius 1 is 1.08 bits per heavy atom. The highest BCUT2D eigenvalue weighted by Gasteiger charge is 2.56. The van der Waals surface area contributed by atoms with Gasteiger partial charge >= 0.3 is 0 Å². The Kier molecular flexibility index (Phi) is 4.30. The Morgan fingerprint density at radius 3 is 2.28 bits per heavy atom. The topological polar surface area (TPSA) is 53.1 Å². The van der Waals surface area contributed by atoms with Crippen LogP contribution in [0, 0.1) is 5.92 Å². The third kappa shape index (κ3) is 2.68. The normalized spacial score (nSPS) is 35.1. The van der Waals surface area contributed by atoms with E-state index in [0.29, 0.717) is 12.5 Å². The summed E-state index contributed by atoms with van der Waals surface area (Å²) in [5.74, 6) is 1.53. The van der Waals surface area contributed by atoms with Crippen LogP contribution in [0.4, 0.5) is 0 Å². The second kappa shape index (κ2) is 6.23. The molecule has 0 N–H and O–H groups in total. The minimum Gasteiger partial charge on any atom is -0.497 e. The lowest BCUT2D eigenvalue weighted by atomic mass is 9.75. The summed E-state index contributed by atoms with van der Waals surface area (Å²) in [6.45, 7) is 2.75. The van der Waals surface area contributed by atoms with E-state index in [9.17, 15) is 8.42 Å². The van der Waals surface area contributed by atoms with Crippen LogP contribution in [-0.2, 0) is 10.2 Å². The number of piperidine rings is 3. The molecule has 1 aromatic rings. The van der Waals surface area contributed by atoms with Gasteiger partial charge in [0.1, 0.15) is 5.75 Å². The Bertz CT molecular complexity index is 726. The fourth-order valence-corrected chi connectivity index (χ4v) is 6.36. The van der Waals surface area contributed by atoms with Crippen LogP contribution in [0.1, 0.15) is 24.3 Å². The highest BCUT2D eigenvalue weighted by atomic mass is 32.2.